The van der Waals surface area contributed by atoms with Crippen LogP contribution in [0.5, 0.6) is 0 Å². The minimum absolute atomic E-state index is 0.0395. The summed E-state index contributed by atoms with van der Waals surface area (Å²) in [5.74, 6) is -1.24. The Balaban J connectivity index is 1.83. The van der Waals surface area contributed by atoms with Crippen LogP contribution in [0.4, 0.5) is 0 Å². The van der Waals surface area contributed by atoms with Crippen LogP contribution in [0.15, 0.2) is 30.5 Å². The molecule has 28 heavy (non-hydrogen) atoms. The zero-order valence-electron chi connectivity index (χ0n) is 16.4. The molecule has 1 aromatic carbocycles. The molecule has 0 bridgehead atoms. The van der Waals surface area contributed by atoms with Crippen LogP contribution in [0.2, 0.25) is 0 Å². The van der Waals surface area contributed by atoms with Gasteiger partial charge in [0.15, 0.2) is 0 Å². The highest BCUT2D eigenvalue weighted by molar-refractivity contribution is 6.45. The zero-order valence-corrected chi connectivity index (χ0v) is 16.4. The summed E-state index contributed by atoms with van der Waals surface area (Å²) >= 11 is 0. The molecule has 0 radical (unpaired) electrons. The van der Waals surface area contributed by atoms with E-state index in [0.29, 0.717) is 17.6 Å². The van der Waals surface area contributed by atoms with Crippen molar-refractivity contribution in [3.8, 4) is 0 Å². The maximum absolute atomic E-state index is 12.7. The molecule has 1 aliphatic rings. The first-order valence-electron chi connectivity index (χ1n) is 9.71. The Hall–Kier alpha value is -2.67. The molecule has 1 N–H and O–H groups in total. The number of likely N-dealkylation sites (tertiary alicyclic amines) is 1. The Morgan fingerprint density at radius 2 is 1.86 bits per heavy atom. The summed E-state index contributed by atoms with van der Waals surface area (Å²) in [5, 5.41) is 3.32. The number of Topliss-reactive ketones (excluding diaryl/α,β-unsaturated/α-hetero) is 1. The number of fused-ring (bicyclic) bond motifs is 1. The Bertz CT molecular complexity index is 868. The van der Waals surface area contributed by atoms with Gasteiger partial charge >= 0.3 is 0 Å². The molecule has 2 heterocycles. The number of nitrogens with one attached hydrogen (secondary N) is 1. The third kappa shape index (κ3) is 4.42. The van der Waals surface area contributed by atoms with E-state index in [0.717, 1.165) is 37.9 Å². The Morgan fingerprint density at radius 1 is 1.14 bits per heavy atom. The lowest BCUT2D eigenvalue weighted by molar-refractivity contribution is -0.132. The van der Waals surface area contributed by atoms with Crippen LogP contribution in [0, 0.1) is 0 Å². The van der Waals surface area contributed by atoms with Crippen molar-refractivity contribution in [2.75, 3.05) is 26.8 Å². The largest absolute Gasteiger partial charge is 0.383 e. The third-order valence-electron chi connectivity index (χ3n) is 5.05. The monoisotopic (exact) mass is 385 g/mol. The number of hydrogen-bond donors (Lipinski definition) is 1. The number of ketones is 1. The molecular formula is C21H27N3O4. The van der Waals surface area contributed by atoms with E-state index in [1.807, 2.05) is 23.1 Å². The summed E-state index contributed by atoms with van der Waals surface area (Å²) in [5.41, 5.74) is 1.08. The van der Waals surface area contributed by atoms with Crippen LogP contribution in [0.3, 0.4) is 0 Å². The average molecular weight is 385 g/mol. The second-order valence-corrected chi connectivity index (χ2v) is 7.29. The summed E-state index contributed by atoms with van der Waals surface area (Å²) in [6.07, 6.45) is 4.84. The number of carbonyl (C=O) groups is 3. The second kappa shape index (κ2) is 9.01. The van der Waals surface area contributed by atoms with Crippen LogP contribution in [0.1, 0.15) is 36.5 Å². The predicted octanol–water partition coefficient (Wildman–Crippen LogP) is 1.99. The maximum Gasteiger partial charge on any atom is 0.292 e. The first-order valence-corrected chi connectivity index (χ1v) is 9.71. The number of carbonyl (C=O) groups excluding carboxylic acids is 3. The van der Waals surface area contributed by atoms with Crippen molar-refractivity contribution in [2.24, 2.45) is 0 Å². The van der Waals surface area contributed by atoms with E-state index in [9.17, 15) is 14.4 Å². The third-order valence-corrected chi connectivity index (χ3v) is 5.05. The fourth-order valence-electron chi connectivity index (χ4n) is 3.65. The molecule has 7 nitrogen and oxygen atoms in total. The number of ether oxygens (including phenoxy) is 1. The minimum atomic E-state index is -0.671. The number of amides is 2. The summed E-state index contributed by atoms with van der Waals surface area (Å²) in [6.45, 7) is 3.82. The van der Waals surface area contributed by atoms with Gasteiger partial charge in [-0.2, -0.15) is 0 Å². The molecular weight excluding hydrogens is 358 g/mol. The molecule has 1 atom stereocenters. The molecule has 0 saturated carbocycles. The lowest BCUT2D eigenvalue weighted by Crippen LogP contribution is -2.40. The molecule has 7 heteroatoms. The van der Waals surface area contributed by atoms with Crippen molar-refractivity contribution in [1.82, 2.24) is 14.8 Å². The van der Waals surface area contributed by atoms with Gasteiger partial charge in [-0.1, -0.05) is 18.2 Å². The molecule has 1 saturated heterocycles. The van der Waals surface area contributed by atoms with E-state index in [1.54, 1.807) is 23.8 Å². The number of piperidine rings is 1. The lowest BCUT2D eigenvalue weighted by Gasteiger charge is -2.27. The molecule has 1 aliphatic heterocycles. The molecule has 3 rings (SSSR count). The average Bonchev–Trinajstić information content (AvgIpc) is 3.06. The summed E-state index contributed by atoms with van der Waals surface area (Å²) < 4.78 is 6.76. The quantitative estimate of drug-likeness (QED) is 0.584. The SMILES string of the molecule is COCC(C)NC(=O)C(=O)c1cn(CC(=O)N2CCCCC2)c2ccccc12. The van der Waals surface area contributed by atoms with E-state index in [1.165, 1.54) is 7.11 Å². The van der Waals surface area contributed by atoms with Crippen molar-refractivity contribution in [2.45, 2.75) is 38.8 Å². The summed E-state index contributed by atoms with van der Waals surface area (Å²) in [7, 11) is 1.54. The Morgan fingerprint density at radius 3 is 2.57 bits per heavy atom. The highest BCUT2D eigenvalue weighted by Crippen LogP contribution is 2.22. The number of methoxy groups -OCH3 is 1. The molecule has 150 valence electrons. The van der Waals surface area contributed by atoms with Gasteiger partial charge in [0.1, 0.15) is 6.54 Å². The normalized spacial score (nSPS) is 15.4. The second-order valence-electron chi connectivity index (χ2n) is 7.29. The van der Waals surface area contributed by atoms with E-state index in [4.69, 9.17) is 4.74 Å². The molecule has 1 aromatic heterocycles. The standard InChI is InChI=1S/C21H27N3O4/c1-15(14-28-2)22-21(27)20(26)17-12-24(18-9-5-4-8-16(17)18)13-19(25)23-10-6-3-7-11-23/h4-5,8-9,12,15H,3,6-7,10-11,13-14H2,1-2H3,(H,22,27). The van der Waals surface area contributed by atoms with Gasteiger partial charge in [-0.05, 0) is 32.3 Å². The van der Waals surface area contributed by atoms with Gasteiger partial charge in [-0.15, -0.1) is 0 Å². The number of hydrogen-bond acceptors (Lipinski definition) is 4. The Kier molecular flexibility index (Phi) is 6.46. The number of aromatic nitrogens is 1. The molecule has 0 spiro atoms. The highest BCUT2D eigenvalue weighted by atomic mass is 16.5. The lowest BCUT2D eigenvalue weighted by atomic mass is 10.1. The van der Waals surface area contributed by atoms with Crippen molar-refractivity contribution in [3.63, 3.8) is 0 Å². The van der Waals surface area contributed by atoms with Gasteiger partial charge in [0, 0.05) is 43.3 Å². The van der Waals surface area contributed by atoms with Gasteiger partial charge in [-0.25, -0.2) is 0 Å². The summed E-state index contributed by atoms with van der Waals surface area (Å²) in [4.78, 5) is 39.6. The maximum atomic E-state index is 12.7. The summed E-state index contributed by atoms with van der Waals surface area (Å²) in [6, 6.07) is 7.08. The number of rotatable bonds is 7. The zero-order chi connectivity index (χ0) is 20.1. The van der Waals surface area contributed by atoms with Gasteiger partial charge < -0.3 is 19.5 Å². The van der Waals surface area contributed by atoms with Crippen LogP contribution < -0.4 is 5.32 Å². The predicted molar refractivity (Wildman–Crippen MR) is 106 cm³/mol. The topological polar surface area (TPSA) is 80.6 Å². The van der Waals surface area contributed by atoms with Crippen LogP contribution in [0.25, 0.3) is 10.9 Å². The van der Waals surface area contributed by atoms with Gasteiger partial charge in [0.05, 0.1) is 12.2 Å². The van der Waals surface area contributed by atoms with E-state index < -0.39 is 11.7 Å². The van der Waals surface area contributed by atoms with Gasteiger partial charge in [-0.3, -0.25) is 14.4 Å². The van der Waals surface area contributed by atoms with E-state index in [-0.39, 0.29) is 18.5 Å². The first kappa shape index (κ1) is 20.1. The van der Waals surface area contributed by atoms with Gasteiger partial charge in [0.25, 0.3) is 11.7 Å². The van der Waals surface area contributed by atoms with Crippen LogP contribution >= 0.6 is 0 Å². The Labute approximate surface area is 164 Å². The van der Waals surface area contributed by atoms with E-state index >= 15 is 0 Å². The first-order chi connectivity index (χ1) is 13.5. The molecule has 2 aromatic rings. The van der Waals surface area contributed by atoms with Crippen LogP contribution in [-0.2, 0) is 20.9 Å². The number of para-hydroxylation sites is 1. The molecule has 1 fully saturated rings. The van der Waals surface area contributed by atoms with E-state index in [2.05, 4.69) is 5.32 Å². The fourth-order valence-corrected chi connectivity index (χ4v) is 3.65. The van der Waals surface area contributed by atoms with Crippen molar-refractivity contribution in [1.29, 1.82) is 0 Å². The van der Waals surface area contributed by atoms with Crippen molar-refractivity contribution < 1.29 is 19.1 Å². The highest BCUT2D eigenvalue weighted by Gasteiger charge is 2.24. The minimum Gasteiger partial charge on any atom is -0.383 e. The fraction of sp³-hybridized carbons (Fsp3) is 0.476. The smallest absolute Gasteiger partial charge is 0.292 e. The molecule has 1 unspecified atom stereocenters. The number of nitrogens with zero attached hydrogens (tertiary/aromatic N) is 2. The van der Waals surface area contributed by atoms with Gasteiger partial charge in [0.2, 0.25) is 5.91 Å². The molecule has 2 amide bonds. The van der Waals surface area contributed by atoms with Crippen molar-refractivity contribution >= 4 is 28.5 Å². The number of benzene rings is 1. The van der Waals surface area contributed by atoms with Crippen LogP contribution in [-0.4, -0.2) is 59.9 Å². The van der Waals surface area contributed by atoms with Crippen molar-refractivity contribution in [3.05, 3.63) is 36.0 Å². The molecule has 0 aliphatic carbocycles.